The van der Waals surface area contributed by atoms with Crippen LogP contribution in [-0.4, -0.2) is 38.6 Å². The first-order chi connectivity index (χ1) is 12.4. The van der Waals surface area contributed by atoms with Crippen LogP contribution in [0, 0.1) is 17.0 Å². The summed E-state index contributed by atoms with van der Waals surface area (Å²) in [4.78, 5) is 12.4. The second-order valence-electron chi connectivity index (χ2n) is 6.72. The zero-order chi connectivity index (χ0) is 18.8. The number of hydrogen-bond donors (Lipinski definition) is 0. The average molecular weight is 364 g/mol. The Labute approximate surface area is 150 Å². The van der Waals surface area contributed by atoms with Crippen molar-refractivity contribution < 1.29 is 13.7 Å². The van der Waals surface area contributed by atoms with Gasteiger partial charge >= 0.3 is 5.69 Å². The molecular formula is C18H22F2N4O2. The predicted octanol–water partition coefficient (Wildman–Crippen LogP) is 4.13. The van der Waals surface area contributed by atoms with Gasteiger partial charge in [0.2, 0.25) is 0 Å². The third kappa shape index (κ3) is 3.46. The molecule has 1 unspecified atom stereocenters. The highest BCUT2D eigenvalue weighted by Crippen LogP contribution is 2.36. The summed E-state index contributed by atoms with van der Waals surface area (Å²) in [5.74, 6) is 0. The maximum absolute atomic E-state index is 13.8. The molecule has 8 heteroatoms. The molecule has 0 amide bonds. The van der Waals surface area contributed by atoms with Crippen molar-refractivity contribution in [2.45, 2.75) is 51.2 Å². The van der Waals surface area contributed by atoms with E-state index in [0.29, 0.717) is 18.7 Å². The van der Waals surface area contributed by atoms with E-state index < -0.39 is 17.4 Å². The fourth-order valence-electron chi connectivity index (χ4n) is 3.83. The van der Waals surface area contributed by atoms with E-state index in [4.69, 9.17) is 0 Å². The molecule has 2 heterocycles. The fourth-order valence-corrected chi connectivity index (χ4v) is 3.83. The first kappa shape index (κ1) is 18.4. The molecule has 1 aliphatic heterocycles. The van der Waals surface area contributed by atoms with E-state index in [1.807, 2.05) is 42.2 Å². The Morgan fingerprint density at radius 1 is 1.31 bits per heavy atom. The molecule has 26 heavy (non-hydrogen) atoms. The third-order valence-corrected chi connectivity index (χ3v) is 5.29. The fraction of sp³-hybridized carbons (Fsp3) is 0.500. The van der Waals surface area contributed by atoms with E-state index in [9.17, 15) is 18.9 Å². The van der Waals surface area contributed by atoms with Crippen molar-refractivity contribution in [2.24, 2.45) is 0 Å². The summed E-state index contributed by atoms with van der Waals surface area (Å²) in [7, 11) is 0. The number of halogens is 2. The van der Waals surface area contributed by atoms with Crippen molar-refractivity contribution in [3.05, 3.63) is 57.9 Å². The molecule has 1 saturated heterocycles. The lowest BCUT2D eigenvalue weighted by Crippen LogP contribution is -2.48. The van der Waals surface area contributed by atoms with Gasteiger partial charge in [-0.15, -0.1) is 0 Å². The minimum absolute atomic E-state index is 0.0707. The zero-order valence-electron chi connectivity index (χ0n) is 14.8. The minimum Gasteiger partial charge on any atom is -0.288 e. The number of rotatable bonds is 5. The van der Waals surface area contributed by atoms with E-state index >= 15 is 0 Å². The smallest absolute Gasteiger partial charge is 0.288 e. The molecule has 0 aliphatic carbocycles. The molecule has 1 aliphatic rings. The van der Waals surface area contributed by atoms with Crippen LogP contribution in [0.5, 0.6) is 0 Å². The van der Waals surface area contributed by atoms with Crippen LogP contribution in [0.15, 0.2) is 36.5 Å². The topological polar surface area (TPSA) is 64.2 Å². The third-order valence-electron chi connectivity index (χ3n) is 5.29. The molecule has 6 nitrogen and oxygen atoms in total. The van der Waals surface area contributed by atoms with Crippen LogP contribution < -0.4 is 0 Å². The molecule has 0 spiro atoms. The maximum atomic E-state index is 13.8. The van der Waals surface area contributed by atoms with E-state index in [-0.39, 0.29) is 24.2 Å². The number of alkyl halides is 2. The first-order valence-corrected chi connectivity index (χ1v) is 8.67. The van der Waals surface area contributed by atoms with Gasteiger partial charge in [-0.3, -0.25) is 19.7 Å². The van der Waals surface area contributed by atoms with Gasteiger partial charge in [0, 0.05) is 12.6 Å². The van der Waals surface area contributed by atoms with Crippen molar-refractivity contribution in [3.8, 4) is 0 Å². The highest BCUT2D eigenvalue weighted by Gasteiger charge is 2.39. The van der Waals surface area contributed by atoms with E-state index in [0.717, 1.165) is 5.56 Å². The van der Waals surface area contributed by atoms with Crippen molar-refractivity contribution in [3.63, 3.8) is 0 Å². The van der Waals surface area contributed by atoms with Gasteiger partial charge in [-0.05, 0) is 32.3 Å². The van der Waals surface area contributed by atoms with Crippen LogP contribution >= 0.6 is 0 Å². The zero-order valence-corrected chi connectivity index (χ0v) is 14.8. The molecule has 3 atom stereocenters. The second kappa shape index (κ2) is 7.49. The summed E-state index contributed by atoms with van der Waals surface area (Å²) in [5, 5.41) is 15.1. The summed E-state index contributed by atoms with van der Waals surface area (Å²) < 4.78 is 29.1. The highest BCUT2D eigenvalue weighted by molar-refractivity contribution is 5.32. The molecule has 1 aromatic carbocycles. The highest BCUT2D eigenvalue weighted by atomic mass is 19.3. The molecule has 0 N–H and O–H groups in total. The number of hydrogen-bond acceptors (Lipinski definition) is 4. The molecule has 3 rings (SSSR count). The van der Waals surface area contributed by atoms with Crippen LogP contribution in [-0.2, 0) is 0 Å². The van der Waals surface area contributed by atoms with Gasteiger partial charge < -0.3 is 0 Å². The van der Waals surface area contributed by atoms with Crippen LogP contribution in [0.3, 0.4) is 0 Å². The maximum Gasteiger partial charge on any atom is 0.309 e. The lowest BCUT2D eigenvalue weighted by molar-refractivity contribution is -0.385. The lowest BCUT2D eigenvalue weighted by atomic mass is 9.93. The van der Waals surface area contributed by atoms with E-state index in [1.54, 1.807) is 6.92 Å². The number of piperidine rings is 1. The molecular weight excluding hydrogens is 342 g/mol. The number of nitrogens with zero attached hydrogens (tertiary/aromatic N) is 4. The van der Waals surface area contributed by atoms with Gasteiger partial charge in [0.15, 0.2) is 0 Å². The molecule has 0 radical (unpaired) electrons. The quantitative estimate of drug-likeness (QED) is 0.591. The van der Waals surface area contributed by atoms with Crippen LogP contribution in [0.2, 0.25) is 0 Å². The van der Waals surface area contributed by atoms with Gasteiger partial charge in [-0.1, -0.05) is 30.3 Å². The largest absolute Gasteiger partial charge is 0.309 e. The Morgan fingerprint density at radius 2 is 2.00 bits per heavy atom. The molecule has 0 bridgehead atoms. The Morgan fingerprint density at radius 3 is 2.58 bits per heavy atom. The second-order valence-corrected chi connectivity index (χ2v) is 6.72. The Balaban J connectivity index is 1.81. The summed E-state index contributed by atoms with van der Waals surface area (Å²) in [6.45, 7) is 4.04. The van der Waals surface area contributed by atoms with Crippen LogP contribution in [0.4, 0.5) is 14.5 Å². The SMILES string of the molecule is Cc1c([N+](=O)[O-])cnn1[C@H]1CCN([C@H](C)c2ccccc2)C(C(F)F)C1. The Bertz CT molecular complexity index is 766. The first-order valence-electron chi connectivity index (χ1n) is 8.67. The Kier molecular flexibility index (Phi) is 5.31. The van der Waals surface area contributed by atoms with Crippen molar-refractivity contribution in [1.29, 1.82) is 0 Å². The number of likely N-dealkylation sites (tertiary alicyclic amines) is 1. The van der Waals surface area contributed by atoms with Crippen LogP contribution in [0.1, 0.15) is 43.1 Å². The summed E-state index contributed by atoms with van der Waals surface area (Å²) >= 11 is 0. The van der Waals surface area contributed by atoms with Crippen molar-refractivity contribution >= 4 is 5.69 Å². The predicted molar refractivity (Wildman–Crippen MR) is 93.2 cm³/mol. The van der Waals surface area contributed by atoms with Crippen molar-refractivity contribution in [1.82, 2.24) is 14.7 Å². The minimum atomic E-state index is -2.49. The molecule has 1 aromatic heterocycles. The van der Waals surface area contributed by atoms with Gasteiger partial charge in [0.1, 0.15) is 11.9 Å². The van der Waals surface area contributed by atoms with Gasteiger partial charge in [-0.2, -0.15) is 5.10 Å². The van der Waals surface area contributed by atoms with Crippen molar-refractivity contribution in [2.75, 3.05) is 6.54 Å². The van der Waals surface area contributed by atoms with E-state index in [2.05, 4.69) is 5.10 Å². The van der Waals surface area contributed by atoms with E-state index in [1.165, 1.54) is 10.9 Å². The average Bonchev–Trinajstić information content (AvgIpc) is 3.03. The van der Waals surface area contributed by atoms with Gasteiger partial charge in [0.05, 0.1) is 17.0 Å². The lowest BCUT2D eigenvalue weighted by Gasteiger charge is -2.42. The van der Waals surface area contributed by atoms with Gasteiger partial charge in [0.25, 0.3) is 6.43 Å². The summed E-state index contributed by atoms with van der Waals surface area (Å²) in [6, 6.07) is 8.31. The normalized spacial score (nSPS) is 22.5. The van der Waals surface area contributed by atoms with Gasteiger partial charge in [-0.25, -0.2) is 8.78 Å². The molecule has 0 saturated carbocycles. The standard InChI is InChI=1S/C18H22F2N4O2/c1-12(14-6-4-3-5-7-14)22-9-8-15(10-16(22)18(19)20)23-13(2)17(11-21-23)24(25)26/h3-7,11-12,15-16,18H,8-10H2,1-2H3/t12-,15+,16?/m1/s1. The van der Waals surface area contributed by atoms with Crippen LogP contribution in [0.25, 0.3) is 0 Å². The Hall–Kier alpha value is -2.35. The number of benzene rings is 1. The summed E-state index contributed by atoms with van der Waals surface area (Å²) in [6.07, 6.45) is -0.449. The number of nitro groups is 1. The molecule has 1 fully saturated rings. The molecule has 2 aromatic rings. The number of aromatic nitrogens is 2. The monoisotopic (exact) mass is 364 g/mol. The summed E-state index contributed by atoms with van der Waals surface area (Å²) in [5.41, 5.74) is 1.35. The molecule has 140 valence electrons.